The number of carbonyl (C=O) groups is 1. The molecule has 0 aromatic carbocycles. The van der Waals surface area contributed by atoms with Crippen molar-refractivity contribution in [1.82, 2.24) is 10.2 Å². The molecule has 3 unspecified atom stereocenters. The van der Waals surface area contributed by atoms with Crippen molar-refractivity contribution in [2.24, 2.45) is 5.92 Å². The fourth-order valence-corrected chi connectivity index (χ4v) is 3.61. The molecule has 19 heavy (non-hydrogen) atoms. The number of hydrogen-bond acceptors (Lipinski definition) is 4. The van der Waals surface area contributed by atoms with Crippen molar-refractivity contribution >= 4 is 15.7 Å². The fraction of sp³-hybridized carbons (Fsp3) is 0.923. The number of likely N-dealkylation sites (tertiary alicyclic amines) is 1. The molecule has 0 radical (unpaired) electrons. The topological polar surface area (TPSA) is 66.5 Å². The number of carbonyl (C=O) groups excluding carboxylic acids is 1. The second-order valence-electron chi connectivity index (χ2n) is 5.86. The molecule has 0 bridgehead atoms. The van der Waals surface area contributed by atoms with E-state index in [0.717, 1.165) is 25.6 Å². The molecule has 110 valence electrons. The van der Waals surface area contributed by atoms with Gasteiger partial charge in [0.05, 0.1) is 0 Å². The lowest BCUT2D eigenvalue weighted by molar-refractivity contribution is -0.132. The summed E-state index contributed by atoms with van der Waals surface area (Å²) in [5, 5.41) is 2.57. The Balaban J connectivity index is 1.98. The molecule has 0 aliphatic carbocycles. The van der Waals surface area contributed by atoms with Crippen molar-refractivity contribution in [1.29, 1.82) is 0 Å². The maximum atomic E-state index is 12.2. The van der Waals surface area contributed by atoms with Crippen LogP contribution in [0.15, 0.2) is 0 Å². The Hall–Kier alpha value is -0.620. The average molecular weight is 288 g/mol. The van der Waals surface area contributed by atoms with Gasteiger partial charge < -0.3 is 10.2 Å². The Morgan fingerprint density at radius 1 is 1.32 bits per heavy atom. The molecule has 1 amide bonds. The number of rotatable bonds is 3. The quantitative estimate of drug-likeness (QED) is 0.817. The summed E-state index contributed by atoms with van der Waals surface area (Å²) < 4.78 is 23.0. The summed E-state index contributed by atoms with van der Waals surface area (Å²) in [6.07, 6.45) is 5.62. The van der Waals surface area contributed by atoms with Crippen LogP contribution in [-0.2, 0) is 14.6 Å². The molecule has 0 saturated carbocycles. The summed E-state index contributed by atoms with van der Waals surface area (Å²) >= 11 is 0. The Labute approximate surface area is 115 Å². The second-order valence-corrected chi connectivity index (χ2v) is 8.23. The summed E-state index contributed by atoms with van der Waals surface area (Å²) in [5.41, 5.74) is 0. The molecule has 2 aliphatic rings. The third-order valence-corrected chi connectivity index (χ3v) is 5.91. The van der Waals surface area contributed by atoms with Crippen molar-refractivity contribution in [3.05, 3.63) is 0 Å². The maximum absolute atomic E-state index is 12.2. The van der Waals surface area contributed by atoms with Gasteiger partial charge in [0.2, 0.25) is 5.91 Å². The van der Waals surface area contributed by atoms with Gasteiger partial charge in [-0.15, -0.1) is 0 Å². The van der Waals surface area contributed by atoms with Crippen LogP contribution in [-0.4, -0.2) is 56.4 Å². The van der Waals surface area contributed by atoms with Gasteiger partial charge in [-0.05, 0) is 45.1 Å². The number of sulfone groups is 1. The minimum atomic E-state index is -3.29. The molecule has 2 rings (SSSR count). The Kier molecular flexibility index (Phi) is 4.50. The lowest BCUT2D eigenvalue weighted by Crippen LogP contribution is -2.49. The highest BCUT2D eigenvalue weighted by molar-refractivity contribution is 7.92. The Bertz CT molecular complexity index is 429. The molecule has 2 aliphatic heterocycles. The largest absolute Gasteiger partial charge is 0.341 e. The molecule has 2 saturated heterocycles. The minimum absolute atomic E-state index is 0.231. The van der Waals surface area contributed by atoms with Gasteiger partial charge >= 0.3 is 0 Å². The van der Waals surface area contributed by atoms with Gasteiger partial charge in [-0.3, -0.25) is 4.79 Å². The Morgan fingerprint density at radius 2 is 2.05 bits per heavy atom. The molecular weight excluding hydrogens is 264 g/mol. The molecule has 5 nitrogen and oxygen atoms in total. The van der Waals surface area contributed by atoms with E-state index in [0.29, 0.717) is 25.0 Å². The third kappa shape index (κ3) is 3.48. The van der Waals surface area contributed by atoms with Crippen molar-refractivity contribution in [3.8, 4) is 0 Å². The summed E-state index contributed by atoms with van der Waals surface area (Å²) in [5.74, 6) is 0.247. The van der Waals surface area contributed by atoms with Crippen LogP contribution in [0.5, 0.6) is 0 Å². The van der Waals surface area contributed by atoms with Gasteiger partial charge in [0.15, 0.2) is 9.84 Å². The number of nitrogens with zero attached hydrogens (tertiary/aromatic N) is 1. The highest BCUT2D eigenvalue weighted by Crippen LogP contribution is 2.25. The van der Waals surface area contributed by atoms with Gasteiger partial charge in [-0.2, -0.15) is 0 Å². The van der Waals surface area contributed by atoms with E-state index in [1.165, 1.54) is 19.8 Å². The van der Waals surface area contributed by atoms with E-state index in [1.807, 2.05) is 0 Å². The zero-order chi connectivity index (χ0) is 14.0. The van der Waals surface area contributed by atoms with Gasteiger partial charge in [0.25, 0.3) is 0 Å². The van der Waals surface area contributed by atoms with E-state index in [9.17, 15) is 13.2 Å². The maximum Gasteiger partial charge on any atom is 0.240 e. The fourth-order valence-electron chi connectivity index (χ4n) is 3.09. The minimum Gasteiger partial charge on any atom is -0.341 e. The van der Waals surface area contributed by atoms with Crippen LogP contribution in [0.2, 0.25) is 0 Å². The van der Waals surface area contributed by atoms with E-state index < -0.39 is 15.1 Å². The number of hydrogen-bond donors (Lipinski definition) is 1. The van der Waals surface area contributed by atoms with E-state index in [2.05, 4.69) is 5.32 Å². The first kappa shape index (κ1) is 14.8. The van der Waals surface area contributed by atoms with Crippen molar-refractivity contribution in [2.45, 2.75) is 43.9 Å². The molecule has 0 spiro atoms. The first-order chi connectivity index (χ1) is 8.89. The SMILES string of the molecule is CC(C(=O)N1CCCC(C2CCCN2)C1)S(C)(=O)=O. The van der Waals surface area contributed by atoms with E-state index in [1.54, 1.807) is 4.90 Å². The van der Waals surface area contributed by atoms with Crippen LogP contribution in [0.1, 0.15) is 32.6 Å². The molecule has 2 fully saturated rings. The molecule has 0 aromatic rings. The van der Waals surface area contributed by atoms with Gasteiger partial charge in [-0.25, -0.2) is 8.42 Å². The lowest BCUT2D eigenvalue weighted by atomic mass is 9.89. The molecule has 0 aromatic heterocycles. The summed E-state index contributed by atoms with van der Waals surface area (Å²) in [4.78, 5) is 14.0. The van der Waals surface area contributed by atoms with Crippen LogP contribution in [0.3, 0.4) is 0 Å². The van der Waals surface area contributed by atoms with E-state index in [4.69, 9.17) is 0 Å². The van der Waals surface area contributed by atoms with Gasteiger partial charge in [0, 0.05) is 25.4 Å². The standard InChI is InChI=1S/C13H24N2O3S/c1-10(19(2,17)18)13(16)15-8-4-5-11(9-15)12-6-3-7-14-12/h10-12,14H,3-9H2,1-2H3. The van der Waals surface area contributed by atoms with Gasteiger partial charge in [0.1, 0.15) is 5.25 Å². The van der Waals surface area contributed by atoms with Crippen LogP contribution < -0.4 is 5.32 Å². The normalized spacial score (nSPS) is 30.3. The summed E-state index contributed by atoms with van der Waals surface area (Å²) in [6.45, 7) is 3.96. The molecule has 6 heteroatoms. The number of piperidine rings is 1. The summed E-state index contributed by atoms with van der Waals surface area (Å²) in [6, 6.07) is 0.504. The molecule has 3 atom stereocenters. The predicted molar refractivity (Wildman–Crippen MR) is 74.6 cm³/mol. The highest BCUT2D eigenvalue weighted by atomic mass is 32.2. The Morgan fingerprint density at radius 3 is 2.63 bits per heavy atom. The van der Waals surface area contributed by atoms with Crippen molar-refractivity contribution in [2.75, 3.05) is 25.9 Å². The highest BCUT2D eigenvalue weighted by Gasteiger charge is 2.34. The van der Waals surface area contributed by atoms with E-state index >= 15 is 0 Å². The molecule has 2 heterocycles. The number of amides is 1. The zero-order valence-electron chi connectivity index (χ0n) is 11.8. The average Bonchev–Trinajstić information content (AvgIpc) is 2.90. The first-order valence-electron chi connectivity index (χ1n) is 7.10. The van der Waals surface area contributed by atoms with E-state index in [-0.39, 0.29) is 5.91 Å². The van der Waals surface area contributed by atoms with Crippen LogP contribution >= 0.6 is 0 Å². The van der Waals surface area contributed by atoms with Crippen molar-refractivity contribution < 1.29 is 13.2 Å². The predicted octanol–water partition coefficient (Wildman–Crippen LogP) is 0.410. The zero-order valence-corrected chi connectivity index (χ0v) is 12.6. The lowest BCUT2D eigenvalue weighted by Gasteiger charge is -2.36. The molecule has 1 N–H and O–H groups in total. The van der Waals surface area contributed by atoms with Crippen LogP contribution in [0.4, 0.5) is 0 Å². The van der Waals surface area contributed by atoms with Crippen LogP contribution in [0.25, 0.3) is 0 Å². The van der Waals surface area contributed by atoms with Crippen molar-refractivity contribution in [3.63, 3.8) is 0 Å². The summed E-state index contributed by atoms with van der Waals surface area (Å²) in [7, 11) is -3.29. The monoisotopic (exact) mass is 288 g/mol. The number of nitrogens with one attached hydrogen (secondary N) is 1. The van der Waals surface area contributed by atoms with Gasteiger partial charge in [-0.1, -0.05) is 0 Å². The first-order valence-corrected chi connectivity index (χ1v) is 9.06. The smallest absolute Gasteiger partial charge is 0.240 e. The molecular formula is C13H24N2O3S. The second kappa shape index (κ2) is 5.79. The van der Waals surface area contributed by atoms with Crippen LogP contribution in [0, 0.1) is 5.92 Å². The third-order valence-electron chi connectivity index (χ3n) is 4.43.